The van der Waals surface area contributed by atoms with Gasteiger partial charge in [0.05, 0.1) is 33.6 Å². The van der Waals surface area contributed by atoms with Gasteiger partial charge in [-0.05, 0) is 67.4 Å². The minimum atomic E-state index is -0.813. The minimum Gasteiger partial charge on any atom is -0.497 e. The lowest BCUT2D eigenvalue weighted by atomic mass is 10.0. The molecule has 2 rings (SSSR count). The molecule has 0 spiro atoms. The normalized spacial score (nSPS) is 10.5. The molecule has 0 aliphatic rings. The largest absolute Gasteiger partial charge is 0.535 e. The summed E-state index contributed by atoms with van der Waals surface area (Å²) in [7, 11) is 3.28. The Morgan fingerprint density at radius 1 is 0.634 bits per heavy atom. The Kier molecular flexibility index (Phi) is 22.5. The van der Waals surface area contributed by atoms with Gasteiger partial charge in [0.1, 0.15) is 17.2 Å². The van der Waals surface area contributed by atoms with Crippen LogP contribution in [0.5, 0.6) is 17.2 Å². The van der Waals surface area contributed by atoms with E-state index in [0.717, 1.165) is 35.8 Å². The smallest absolute Gasteiger partial charge is 0.497 e. The first-order valence-electron chi connectivity index (χ1n) is 15.4. The maximum Gasteiger partial charge on any atom is 0.535 e. The molecule has 0 amide bonds. The number of nitrogens with zero attached hydrogens (tertiary/aromatic N) is 1. The average molecular weight is 572 g/mol. The van der Waals surface area contributed by atoms with Crippen molar-refractivity contribution in [3.8, 4) is 17.2 Å². The van der Waals surface area contributed by atoms with Crippen LogP contribution in [0.3, 0.4) is 0 Å². The van der Waals surface area contributed by atoms with E-state index >= 15 is 0 Å². The first kappa shape index (κ1) is 35.8. The number of hydrogen-bond donors (Lipinski definition) is 0. The van der Waals surface area contributed by atoms with E-state index < -0.39 is 6.16 Å². The molecular formula is C34H53NO6. The first-order chi connectivity index (χ1) is 20.1. The van der Waals surface area contributed by atoms with Crippen molar-refractivity contribution in [1.29, 1.82) is 0 Å². The van der Waals surface area contributed by atoms with E-state index in [1.165, 1.54) is 89.7 Å². The highest BCUT2D eigenvalue weighted by atomic mass is 16.8. The van der Waals surface area contributed by atoms with Crippen molar-refractivity contribution in [2.75, 3.05) is 27.4 Å². The van der Waals surface area contributed by atoms with Gasteiger partial charge in [0.25, 0.3) is 0 Å². The molecule has 0 aliphatic heterocycles. The molecule has 0 N–H and O–H groups in total. The van der Waals surface area contributed by atoms with E-state index in [1.54, 1.807) is 45.4 Å². The molecule has 0 fully saturated rings. The van der Waals surface area contributed by atoms with Gasteiger partial charge in [-0.2, -0.15) is 0 Å². The summed E-state index contributed by atoms with van der Waals surface area (Å²) in [5, 5.41) is 3.48. The second-order valence-electron chi connectivity index (χ2n) is 9.90. The molecule has 0 unspecified atom stereocenters. The van der Waals surface area contributed by atoms with Crippen LogP contribution in [-0.2, 0) is 9.57 Å². The van der Waals surface area contributed by atoms with Crippen LogP contribution in [-0.4, -0.2) is 39.8 Å². The van der Waals surface area contributed by atoms with Crippen LogP contribution in [0.2, 0.25) is 0 Å². The quantitative estimate of drug-likeness (QED) is 0.0488. The zero-order valence-electron chi connectivity index (χ0n) is 25.9. The third kappa shape index (κ3) is 20.3. The summed E-state index contributed by atoms with van der Waals surface area (Å²) in [6, 6.07) is 15.0. The third-order valence-electron chi connectivity index (χ3n) is 6.53. The van der Waals surface area contributed by atoms with Gasteiger partial charge in [-0.25, -0.2) is 4.79 Å². The summed E-state index contributed by atoms with van der Waals surface area (Å²) in [6.07, 6.45) is 20.1. The Morgan fingerprint density at radius 3 is 1.54 bits per heavy atom. The monoisotopic (exact) mass is 571 g/mol. The molecule has 0 bridgehead atoms. The number of methoxy groups -OCH3 is 2. The predicted molar refractivity (Wildman–Crippen MR) is 167 cm³/mol. The molecule has 0 radical (unpaired) electrons. The molecule has 41 heavy (non-hydrogen) atoms. The van der Waals surface area contributed by atoms with E-state index in [0.29, 0.717) is 0 Å². The molecule has 7 nitrogen and oxygen atoms in total. The topological polar surface area (TPSA) is 75.6 Å². The van der Waals surface area contributed by atoms with Crippen molar-refractivity contribution in [1.82, 2.24) is 0 Å². The zero-order valence-corrected chi connectivity index (χ0v) is 25.9. The van der Waals surface area contributed by atoms with Crippen molar-refractivity contribution in [3.63, 3.8) is 0 Å². The fraction of sp³-hybridized carbons (Fsp3) is 0.588. The summed E-state index contributed by atoms with van der Waals surface area (Å²) in [5.41, 5.74) is 0.796. The highest BCUT2D eigenvalue weighted by molar-refractivity contribution is 5.79. The Balaban J connectivity index is 0.000000452. The Morgan fingerprint density at radius 2 is 1.07 bits per heavy atom. The molecule has 0 aliphatic carbocycles. The van der Waals surface area contributed by atoms with Gasteiger partial charge < -0.3 is 18.9 Å². The SMILES string of the molecule is CCCCCCCCCCCCCCCCOc1ccc(OC)cc1.CCOC(=O)ON=Cc1ccc(OC)cc1. The van der Waals surface area contributed by atoms with Crippen LogP contribution in [0, 0.1) is 0 Å². The Bertz CT molecular complexity index is 898. The van der Waals surface area contributed by atoms with Crippen molar-refractivity contribution in [2.24, 2.45) is 5.16 Å². The number of oxime groups is 1. The zero-order chi connectivity index (χ0) is 29.8. The summed E-state index contributed by atoms with van der Waals surface area (Å²) in [6.45, 7) is 5.06. The van der Waals surface area contributed by atoms with Crippen LogP contribution in [0.25, 0.3) is 0 Å². The van der Waals surface area contributed by atoms with E-state index in [-0.39, 0.29) is 6.61 Å². The molecule has 0 saturated carbocycles. The van der Waals surface area contributed by atoms with Gasteiger partial charge in [-0.15, -0.1) is 0 Å². The van der Waals surface area contributed by atoms with Crippen LogP contribution >= 0.6 is 0 Å². The maximum atomic E-state index is 10.8. The van der Waals surface area contributed by atoms with E-state index in [1.807, 2.05) is 24.3 Å². The summed E-state index contributed by atoms with van der Waals surface area (Å²) >= 11 is 0. The average Bonchev–Trinajstić information content (AvgIpc) is 3.00. The maximum absolute atomic E-state index is 10.8. The van der Waals surface area contributed by atoms with Crippen LogP contribution in [0.1, 0.15) is 109 Å². The molecule has 0 saturated heterocycles. The summed E-state index contributed by atoms with van der Waals surface area (Å²) in [4.78, 5) is 15.2. The highest BCUT2D eigenvalue weighted by Crippen LogP contribution is 2.18. The van der Waals surface area contributed by atoms with E-state index in [4.69, 9.17) is 14.2 Å². The molecule has 2 aromatic rings. The predicted octanol–water partition coefficient (Wildman–Crippen LogP) is 9.76. The first-order valence-corrected chi connectivity index (χ1v) is 15.4. The number of carbonyl (C=O) groups excluding carboxylic acids is 1. The van der Waals surface area contributed by atoms with Crippen molar-refractivity contribution >= 4 is 12.4 Å². The molecular weight excluding hydrogens is 518 g/mol. The van der Waals surface area contributed by atoms with Gasteiger partial charge in [-0.1, -0.05) is 95.6 Å². The lowest BCUT2D eigenvalue weighted by molar-refractivity contribution is 0.0618. The number of ether oxygens (including phenoxy) is 4. The van der Waals surface area contributed by atoms with E-state index in [9.17, 15) is 4.79 Å². The van der Waals surface area contributed by atoms with Crippen LogP contribution in [0.15, 0.2) is 53.7 Å². The fourth-order valence-electron chi connectivity index (χ4n) is 4.12. The lowest BCUT2D eigenvalue weighted by Gasteiger charge is -2.07. The summed E-state index contributed by atoms with van der Waals surface area (Å²) < 4.78 is 20.4. The van der Waals surface area contributed by atoms with Gasteiger partial charge >= 0.3 is 6.16 Å². The third-order valence-corrected chi connectivity index (χ3v) is 6.53. The van der Waals surface area contributed by atoms with Gasteiger partial charge in [0, 0.05) is 0 Å². The fourth-order valence-corrected chi connectivity index (χ4v) is 4.12. The highest BCUT2D eigenvalue weighted by Gasteiger charge is 2.00. The summed E-state index contributed by atoms with van der Waals surface area (Å²) in [5.74, 6) is 2.57. The van der Waals surface area contributed by atoms with Gasteiger partial charge in [0.15, 0.2) is 0 Å². The molecule has 0 atom stereocenters. The van der Waals surface area contributed by atoms with Crippen LogP contribution < -0.4 is 14.2 Å². The van der Waals surface area contributed by atoms with Crippen molar-refractivity contribution < 1.29 is 28.6 Å². The molecule has 0 aromatic heterocycles. The number of carbonyl (C=O) groups is 1. The van der Waals surface area contributed by atoms with Gasteiger partial charge in [0.2, 0.25) is 0 Å². The van der Waals surface area contributed by atoms with Gasteiger partial charge in [-0.3, -0.25) is 4.84 Å². The lowest BCUT2D eigenvalue weighted by Crippen LogP contribution is -2.02. The molecule has 7 heteroatoms. The Hall–Kier alpha value is -3.22. The second-order valence-corrected chi connectivity index (χ2v) is 9.90. The standard InChI is InChI=1S/C23H40O2.C11H13NO4/c1-3-4-5-6-7-8-9-10-11-12-13-14-15-16-21-25-23-19-17-22(24-2)18-20-23;1-3-15-11(13)16-12-8-9-4-6-10(14-2)7-5-9/h17-20H,3-16,21H2,1-2H3;4-8H,3H2,1-2H3. The number of rotatable bonds is 21. The van der Waals surface area contributed by atoms with E-state index in [2.05, 4.69) is 21.7 Å². The molecule has 2 aromatic carbocycles. The van der Waals surface area contributed by atoms with Crippen molar-refractivity contribution in [2.45, 2.75) is 104 Å². The minimum absolute atomic E-state index is 0.261. The molecule has 230 valence electrons. The van der Waals surface area contributed by atoms with Crippen molar-refractivity contribution in [3.05, 3.63) is 54.1 Å². The number of benzene rings is 2. The van der Waals surface area contributed by atoms with Crippen LogP contribution in [0.4, 0.5) is 4.79 Å². The molecule has 0 heterocycles. The second kappa shape index (κ2) is 25.7. The number of hydrogen-bond acceptors (Lipinski definition) is 7. The Labute approximate surface area is 248 Å². The number of unbranched alkanes of at least 4 members (excludes halogenated alkanes) is 13.